The molecule has 2 aliphatic carbocycles. The van der Waals surface area contributed by atoms with Gasteiger partial charge in [0.2, 0.25) is 0 Å². The number of rotatable bonds is 7. The predicted molar refractivity (Wildman–Crippen MR) is 117 cm³/mol. The highest BCUT2D eigenvalue weighted by atomic mass is 16.2. The first-order chi connectivity index (χ1) is 14.0. The second-order valence-electron chi connectivity index (χ2n) is 9.23. The van der Waals surface area contributed by atoms with Crippen LogP contribution in [-0.2, 0) is 6.54 Å². The fourth-order valence-corrected chi connectivity index (χ4v) is 4.51. The molecule has 1 heterocycles. The molecule has 0 atom stereocenters. The number of hydrogen-bond donors (Lipinski definition) is 0. The Labute approximate surface area is 173 Å². The Bertz CT molecular complexity index is 932. The lowest BCUT2D eigenvalue weighted by Crippen LogP contribution is -2.33. The Kier molecular flexibility index (Phi) is 5.81. The van der Waals surface area contributed by atoms with Gasteiger partial charge in [-0.1, -0.05) is 19.3 Å². The van der Waals surface area contributed by atoms with Gasteiger partial charge in [0.05, 0.1) is 11.0 Å². The van der Waals surface area contributed by atoms with E-state index < -0.39 is 0 Å². The van der Waals surface area contributed by atoms with Crippen LogP contribution in [0.15, 0.2) is 23.0 Å². The fraction of sp³-hybridized carbons (Fsp3) is 0.652. The monoisotopic (exact) mass is 398 g/mol. The average molecular weight is 399 g/mol. The zero-order valence-corrected chi connectivity index (χ0v) is 18.1. The molecule has 0 radical (unpaired) electrons. The first-order valence-corrected chi connectivity index (χ1v) is 11.1. The van der Waals surface area contributed by atoms with Crippen molar-refractivity contribution in [3.63, 3.8) is 0 Å². The molecule has 6 nitrogen and oxygen atoms in total. The van der Waals surface area contributed by atoms with Crippen LogP contribution in [0, 0.1) is 5.92 Å². The number of fused-ring (bicyclic) bond motifs is 1. The Morgan fingerprint density at radius 1 is 1.00 bits per heavy atom. The summed E-state index contributed by atoms with van der Waals surface area (Å²) in [5, 5.41) is 0. The highest BCUT2D eigenvalue weighted by Crippen LogP contribution is 2.33. The molecule has 2 fully saturated rings. The van der Waals surface area contributed by atoms with Crippen molar-refractivity contribution in [1.29, 1.82) is 0 Å². The molecular weight excluding hydrogens is 364 g/mol. The second-order valence-corrected chi connectivity index (χ2v) is 9.23. The Hall–Kier alpha value is -2.08. The lowest BCUT2D eigenvalue weighted by Gasteiger charge is -2.23. The molecule has 4 rings (SSSR count). The van der Waals surface area contributed by atoms with Crippen LogP contribution in [0.3, 0.4) is 0 Å². The van der Waals surface area contributed by atoms with Gasteiger partial charge < -0.3 is 9.80 Å². The Morgan fingerprint density at radius 2 is 1.72 bits per heavy atom. The molecule has 0 unspecified atom stereocenters. The molecule has 0 aliphatic heterocycles. The molecule has 6 heteroatoms. The van der Waals surface area contributed by atoms with Gasteiger partial charge in [0.25, 0.3) is 5.91 Å². The van der Waals surface area contributed by atoms with Gasteiger partial charge in [-0.3, -0.25) is 13.9 Å². The predicted octanol–water partition coefficient (Wildman–Crippen LogP) is 3.35. The second kappa shape index (κ2) is 8.34. The molecule has 0 spiro atoms. The summed E-state index contributed by atoms with van der Waals surface area (Å²) in [5.41, 5.74) is 2.71. The van der Waals surface area contributed by atoms with Crippen LogP contribution in [0.4, 0.5) is 0 Å². The molecule has 158 valence electrons. The molecule has 0 N–H and O–H groups in total. The van der Waals surface area contributed by atoms with Gasteiger partial charge in [-0.2, -0.15) is 0 Å². The van der Waals surface area contributed by atoms with Gasteiger partial charge in [-0.05, 0) is 63.9 Å². The van der Waals surface area contributed by atoms with E-state index in [1.165, 1.54) is 32.1 Å². The number of amides is 1. The zero-order valence-electron chi connectivity index (χ0n) is 18.1. The van der Waals surface area contributed by atoms with Gasteiger partial charge in [0, 0.05) is 38.3 Å². The normalized spacial score (nSPS) is 17.9. The quantitative estimate of drug-likeness (QED) is 0.719. The maximum atomic E-state index is 13.4. The number of nitrogens with zero attached hydrogens (tertiary/aromatic N) is 4. The third-order valence-electron chi connectivity index (χ3n) is 6.52. The number of carbonyl (C=O) groups excluding carboxylic acids is 1. The standard InChI is InChI=1S/C23H34N4O2/c1-24(2)13-14-25(3)22(28)18-11-12-20-21(15-18)26(16-17-9-10-17)23(29)27(20)19-7-5-4-6-8-19/h11-12,15,17,19H,4-10,13-14,16H2,1-3H3. The van der Waals surface area contributed by atoms with Crippen molar-refractivity contribution < 1.29 is 4.79 Å². The summed E-state index contributed by atoms with van der Waals surface area (Å²) >= 11 is 0. The summed E-state index contributed by atoms with van der Waals surface area (Å²) in [6, 6.07) is 6.15. The van der Waals surface area contributed by atoms with E-state index >= 15 is 0 Å². The number of likely N-dealkylation sites (N-methyl/N-ethyl adjacent to an activating group) is 2. The van der Waals surface area contributed by atoms with Crippen molar-refractivity contribution in [2.75, 3.05) is 34.2 Å². The summed E-state index contributed by atoms with van der Waals surface area (Å²) in [6.07, 6.45) is 8.22. The molecule has 2 saturated carbocycles. The largest absolute Gasteiger partial charge is 0.340 e. The van der Waals surface area contributed by atoms with Crippen LogP contribution >= 0.6 is 0 Å². The van der Waals surface area contributed by atoms with Gasteiger partial charge in [0.15, 0.2) is 0 Å². The van der Waals surface area contributed by atoms with Crippen LogP contribution in [0.1, 0.15) is 61.3 Å². The van der Waals surface area contributed by atoms with Crippen molar-refractivity contribution in [3.05, 3.63) is 34.2 Å². The van der Waals surface area contributed by atoms with Gasteiger partial charge in [0.1, 0.15) is 0 Å². The first kappa shape index (κ1) is 20.2. The SMILES string of the molecule is CN(C)CCN(C)C(=O)c1ccc2c(c1)n(CC1CC1)c(=O)n2C1CCCCC1. The maximum Gasteiger partial charge on any atom is 0.329 e. The van der Waals surface area contributed by atoms with E-state index in [4.69, 9.17) is 0 Å². The molecule has 0 bridgehead atoms. The van der Waals surface area contributed by atoms with Gasteiger partial charge in [-0.25, -0.2) is 4.79 Å². The summed E-state index contributed by atoms with van der Waals surface area (Å²) in [4.78, 5) is 30.2. The van der Waals surface area contributed by atoms with Crippen LogP contribution < -0.4 is 5.69 Å². The molecule has 1 aromatic heterocycles. The number of benzene rings is 1. The first-order valence-electron chi connectivity index (χ1n) is 11.1. The number of hydrogen-bond acceptors (Lipinski definition) is 3. The molecule has 2 aliphatic rings. The highest BCUT2D eigenvalue weighted by molar-refractivity contribution is 5.97. The van der Waals surface area contributed by atoms with Gasteiger partial charge in [-0.15, -0.1) is 0 Å². The topological polar surface area (TPSA) is 50.5 Å². The van der Waals surface area contributed by atoms with Crippen molar-refractivity contribution in [1.82, 2.24) is 18.9 Å². The summed E-state index contributed by atoms with van der Waals surface area (Å²) in [5.74, 6) is 0.629. The van der Waals surface area contributed by atoms with E-state index in [-0.39, 0.29) is 11.6 Å². The van der Waals surface area contributed by atoms with Crippen LogP contribution in [0.2, 0.25) is 0 Å². The third kappa shape index (κ3) is 4.27. The van der Waals surface area contributed by atoms with E-state index in [1.807, 2.05) is 48.5 Å². The van der Waals surface area contributed by atoms with Crippen molar-refractivity contribution in [2.45, 2.75) is 57.5 Å². The van der Waals surface area contributed by atoms with E-state index in [2.05, 4.69) is 4.90 Å². The average Bonchev–Trinajstić information content (AvgIpc) is 3.50. The van der Waals surface area contributed by atoms with Gasteiger partial charge >= 0.3 is 5.69 Å². The minimum absolute atomic E-state index is 0.0181. The Morgan fingerprint density at radius 3 is 2.38 bits per heavy atom. The van der Waals surface area contributed by atoms with Crippen LogP contribution in [0.5, 0.6) is 0 Å². The molecule has 29 heavy (non-hydrogen) atoms. The number of aromatic nitrogens is 2. The van der Waals surface area contributed by atoms with Crippen LogP contribution in [0.25, 0.3) is 11.0 Å². The molecular formula is C23H34N4O2. The number of imidazole rings is 1. The minimum Gasteiger partial charge on any atom is -0.340 e. The van der Waals surface area contributed by atoms with Crippen molar-refractivity contribution >= 4 is 16.9 Å². The molecule has 2 aromatic rings. The zero-order chi connectivity index (χ0) is 20.5. The van der Waals surface area contributed by atoms with E-state index in [1.54, 1.807) is 4.90 Å². The maximum absolute atomic E-state index is 13.4. The highest BCUT2D eigenvalue weighted by Gasteiger charge is 2.28. The summed E-state index contributed by atoms with van der Waals surface area (Å²) in [7, 11) is 5.87. The van der Waals surface area contributed by atoms with E-state index in [0.717, 1.165) is 37.0 Å². The lowest BCUT2D eigenvalue weighted by atomic mass is 9.95. The summed E-state index contributed by atoms with van der Waals surface area (Å²) < 4.78 is 3.97. The fourth-order valence-electron chi connectivity index (χ4n) is 4.51. The summed E-state index contributed by atoms with van der Waals surface area (Å²) in [6.45, 7) is 2.29. The van der Waals surface area contributed by atoms with Crippen molar-refractivity contribution in [3.8, 4) is 0 Å². The third-order valence-corrected chi connectivity index (χ3v) is 6.52. The Balaban J connectivity index is 1.70. The van der Waals surface area contributed by atoms with E-state index in [9.17, 15) is 9.59 Å². The van der Waals surface area contributed by atoms with E-state index in [0.29, 0.717) is 24.1 Å². The van der Waals surface area contributed by atoms with Crippen molar-refractivity contribution in [2.24, 2.45) is 5.92 Å². The smallest absolute Gasteiger partial charge is 0.329 e. The number of carbonyl (C=O) groups is 1. The molecule has 1 amide bonds. The molecule has 0 saturated heterocycles. The molecule has 1 aromatic carbocycles. The van der Waals surface area contributed by atoms with Crippen LogP contribution in [-0.4, -0.2) is 59.1 Å². The minimum atomic E-state index is 0.0181. The lowest BCUT2D eigenvalue weighted by molar-refractivity contribution is 0.0786.